The first-order chi connectivity index (χ1) is 36.6. The number of ether oxygens (including phenoxy) is 3. The highest BCUT2D eigenvalue weighted by molar-refractivity contribution is 5.88. The molecule has 0 bridgehead atoms. The number of hydrogen-bond acceptors (Lipinski definition) is 5. The highest BCUT2D eigenvalue weighted by Gasteiger charge is 2.46. The fourth-order valence-corrected chi connectivity index (χ4v) is 11.6. The van der Waals surface area contributed by atoms with Gasteiger partial charge in [0, 0.05) is 56.2 Å². The minimum Gasteiger partial charge on any atom is -0.496 e. The third-order valence-electron chi connectivity index (χ3n) is 15.3. The van der Waals surface area contributed by atoms with Crippen LogP contribution in [0.1, 0.15) is 49.4 Å². The van der Waals surface area contributed by atoms with Crippen molar-refractivity contribution in [3.8, 4) is 61.8 Å². The molecule has 0 spiro atoms. The first kappa shape index (κ1) is 48.5. The van der Waals surface area contributed by atoms with Crippen LogP contribution in [0.4, 0.5) is 34.1 Å². The summed E-state index contributed by atoms with van der Waals surface area (Å²) in [7, 11) is 5.23. The van der Waals surface area contributed by atoms with Gasteiger partial charge in [-0.15, -0.1) is 0 Å². The minimum absolute atomic E-state index is 0.166. The second-order valence-electron chi connectivity index (χ2n) is 20.5. The van der Waals surface area contributed by atoms with Crippen molar-refractivity contribution in [3.05, 3.63) is 259 Å². The molecular formula is C70H62N2O3. The van der Waals surface area contributed by atoms with E-state index in [1.54, 1.807) is 21.3 Å². The fourth-order valence-electron chi connectivity index (χ4n) is 11.6. The number of rotatable bonds is 14. The highest BCUT2D eigenvalue weighted by atomic mass is 16.5. The second-order valence-corrected chi connectivity index (χ2v) is 20.5. The molecule has 0 aromatic heterocycles. The molecule has 5 nitrogen and oxygen atoms in total. The Morgan fingerprint density at radius 1 is 0.333 bits per heavy atom. The topological polar surface area (TPSA) is 34.2 Å². The summed E-state index contributed by atoms with van der Waals surface area (Å²) < 4.78 is 18.0. The average Bonchev–Trinajstić information content (AvgIpc) is 3.69. The standard InChI is InChI=1S/C70H62N2O3/c1-48-31-32-55(42-60(48)49-21-12-8-13-22-49)72(58-36-40-68(75-7)63(45-58)52-27-18-11-19-28-52)59-33-37-64-65(46-59)69(2,3)47-70(64,4)53-29-20-30-54(41-53)71(56-34-38-66(73-5)61(43-56)50-23-14-9-15-24-50)57-35-39-67(74-6)62(44-57)51-25-16-10-17-26-51/h8-46H,47H2,1-7H3. The third kappa shape index (κ3) is 9.21. The first-order valence-corrected chi connectivity index (χ1v) is 25.8. The van der Waals surface area contributed by atoms with E-state index >= 15 is 0 Å². The summed E-state index contributed by atoms with van der Waals surface area (Å²) in [6.45, 7) is 9.45. The number of benzene rings is 10. The van der Waals surface area contributed by atoms with Crippen LogP contribution in [-0.2, 0) is 10.8 Å². The normalized spacial score (nSPS) is 14.4. The Kier molecular flexibility index (Phi) is 13.1. The molecule has 0 radical (unpaired) electrons. The van der Waals surface area contributed by atoms with Crippen molar-refractivity contribution in [2.24, 2.45) is 0 Å². The summed E-state index contributed by atoms with van der Waals surface area (Å²) in [4.78, 5) is 4.79. The van der Waals surface area contributed by atoms with Gasteiger partial charge in [0.1, 0.15) is 17.2 Å². The van der Waals surface area contributed by atoms with E-state index in [0.29, 0.717) is 0 Å². The zero-order chi connectivity index (χ0) is 51.7. The predicted molar refractivity (Wildman–Crippen MR) is 312 cm³/mol. The Bertz CT molecular complexity index is 3560. The quantitative estimate of drug-likeness (QED) is 0.108. The smallest absolute Gasteiger partial charge is 0.126 e. The van der Waals surface area contributed by atoms with Gasteiger partial charge in [0.25, 0.3) is 0 Å². The Labute approximate surface area is 442 Å². The summed E-state index contributed by atoms with van der Waals surface area (Å²) in [6, 6.07) is 84.9. The van der Waals surface area contributed by atoms with E-state index in [9.17, 15) is 0 Å². The molecule has 370 valence electrons. The zero-order valence-corrected chi connectivity index (χ0v) is 43.8. The van der Waals surface area contributed by atoms with Gasteiger partial charge in [-0.1, -0.05) is 166 Å². The van der Waals surface area contributed by atoms with Gasteiger partial charge in [-0.2, -0.15) is 0 Å². The monoisotopic (exact) mass is 978 g/mol. The van der Waals surface area contributed by atoms with Crippen LogP contribution in [0.5, 0.6) is 17.2 Å². The average molecular weight is 979 g/mol. The summed E-state index contributed by atoms with van der Waals surface area (Å²) in [5, 5.41) is 0. The lowest BCUT2D eigenvalue weighted by molar-refractivity contribution is 0.416. The summed E-state index contributed by atoms with van der Waals surface area (Å²) >= 11 is 0. The summed E-state index contributed by atoms with van der Waals surface area (Å²) in [5.74, 6) is 2.46. The lowest BCUT2D eigenvalue weighted by atomic mass is 9.75. The second kappa shape index (κ2) is 20.2. The molecule has 0 amide bonds. The van der Waals surface area contributed by atoms with Gasteiger partial charge >= 0.3 is 0 Å². The van der Waals surface area contributed by atoms with Crippen molar-refractivity contribution >= 4 is 34.1 Å². The van der Waals surface area contributed by atoms with Crippen LogP contribution in [0.3, 0.4) is 0 Å². The molecule has 10 aromatic rings. The predicted octanol–water partition coefficient (Wildman–Crippen LogP) is 18.6. The van der Waals surface area contributed by atoms with Crippen LogP contribution in [0.15, 0.2) is 237 Å². The number of hydrogen-bond donors (Lipinski definition) is 0. The maximum atomic E-state index is 6.00. The van der Waals surface area contributed by atoms with E-state index in [0.717, 1.165) is 91.2 Å². The summed E-state index contributed by atoms with van der Waals surface area (Å²) in [6.07, 6.45) is 0.924. The Balaban J connectivity index is 1.06. The maximum absolute atomic E-state index is 6.00. The van der Waals surface area contributed by atoms with Gasteiger partial charge < -0.3 is 24.0 Å². The molecule has 1 atom stereocenters. The van der Waals surface area contributed by atoms with Gasteiger partial charge in [0.05, 0.1) is 21.3 Å². The molecule has 5 heteroatoms. The van der Waals surface area contributed by atoms with E-state index in [2.05, 4.69) is 262 Å². The molecule has 0 aliphatic heterocycles. The first-order valence-electron chi connectivity index (χ1n) is 25.8. The van der Waals surface area contributed by atoms with Crippen LogP contribution < -0.4 is 24.0 Å². The van der Waals surface area contributed by atoms with Crippen LogP contribution in [0.2, 0.25) is 0 Å². The van der Waals surface area contributed by atoms with Crippen LogP contribution in [-0.4, -0.2) is 21.3 Å². The highest BCUT2D eigenvalue weighted by Crippen LogP contribution is 2.55. The molecule has 0 saturated heterocycles. The number of nitrogens with zero attached hydrogens (tertiary/aromatic N) is 2. The molecule has 11 rings (SSSR count). The van der Waals surface area contributed by atoms with Crippen molar-refractivity contribution in [2.45, 2.75) is 44.9 Å². The molecule has 0 saturated carbocycles. The third-order valence-corrected chi connectivity index (χ3v) is 15.3. The molecular weight excluding hydrogens is 917 g/mol. The maximum Gasteiger partial charge on any atom is 0.126 e. The van der Waals surface area contributed by atoms with Crippen molar-refractivity contribution < 1.29 is 14.2 Å². The van der Waals surface area contributed by atoms with E-state index in [-0.39, 0.29) is 10.8 Å². The number of anilines is 6. The van der Waals surface area contributed by atoms with Crippen molar-refractivity contribution in [3.63, 3.8) is 0 Å². The van der Waals surface area contributed by atoms with E-state index < -0.39 is 0 Å². The van der Waals surface area contributed by atoms with Crippen molar-refractivity contribution in [2.75, 3.05) is 31.1 Å². The summed E-state index contributed by atoms with van der Waals surface area (Å²) in [5.41, 5.74) is 19.7. The van der Waals surface area contributed by atoms with Crippen LogP contribution >= 0.6 is 0 Å². The molecule has 75 heavy (non-hydrogen) atoms. The van der Waals surface area contributed by atoms with Gasteiger partial charge in [0.15, 0.2) is 0 Å². The van der Waals surface area contributed by atoms with Crippen molar-refractivity contribution in [1.29, 1.82) is 0 Å². The molecule has 1 unspecified atom stereocenters. The lowest BCUT2D eigenvalue weighted by Crippen LogP contribution is -2.24. The number of aryl methyl sites for hydroxylation is 1. The van der Waals surface area contributed by atoms with Gasteiger partial charge in [0.2, 0.25) is 0 Å². The van der Waals surface area contributed by atoms with E-state index in [1.807, 2.05) is 12.1 Å². The van der Waals surface area contributed by atoms with Crippen LogP contribution in [0.25, 0.3) is 44.5 Å². The Morgan fingerprint density at radius 3 is 1.12 bits per heavy atom. The number of methoxy groups -OCH3 is 3. The number of fused-ring (bicyclic) bond motifs is 1. The van der Waals surface area contributed by atoms with Crippen LogP contribution in [0, 0.1) is 6.92 Å². The van der Waals surface area contributed by atoms with Gasteiger partial charge in [-0.25, -0.2) is 0 Å². The van der Waals surface area contributed by atoms with E-state index in [1.165, 1.54) is 33.4 Å². The molecule has 10 aromatic carbocycles. The van der Waals surface area contributed by atoms with Gasteiger partial charge in [-0.3, -0.25) is 0 Å². The SMILES string of the molecule is COc1ccc(N(c2cccc(C3(C)CC(C)(C)c4cc(N(c5ccc(C)c(-c6ccccc6)c5)c5ccc(OC)c(-c6ccccc6)c5)ccc43)c2)c2ccc(OC)c(-c3ccccc3)c2)cc1-c1ccccc1. The lowest BCUT2D eigenvalue weighted by Gasteiger charge is -2.32. The molecule has 0 heterocycles. The zero-order valence-electron chi connectivity index (χ0n) is 43.8. The molecule has 1 aliphatic rings. The molecule has 1 aliphatic carbocycles. The fraction of sp³-hybridized carbons (Fsp3) is 0.143. The van der Waals surface area contributed by atoms with Gasteiger partial charge in [-0.05, 0) is 160 Å². The molecule has 0 fully saturated rings. The largest absolute Gasteiger partial charge is 0.496 e. The van der Waals surface area contributed by atoms with E-state index in [4.69, 9.17) is 14.2 Å². The van der Waals surface area contributed by atoms with Crippen molar-refractivity contribution in [1.82, 2.24) is 0 Å². The molecule has 0 N–H and O–H groups in total. The Hall–Kier alpha value is -8.80. The Morgan fingerprint density at radius 2 is 0.693 bits per heavy atom. The minimum atomic E-state index is -0.320.